The van der Waals surface area contributed by atoms with Gasteiger partial charge in [-0.05, 0) is 41.3 Å². The lowest BCUT2D eigenvalue weighted by Crippen LogP contribution is -2.06. The Morgan fingerprint density at radius 1 is 1.10 bits per heavy atom. The van der Waals surface area contributed by atoms with Crippen molar-refractivity contribution in [2.24, 2.45) is 4.99 Å². The highest BCUT2D eigenvalue weighted by molar-refractivity contribution is 6.09. The van der Waals surface area contributed by atoms with Crippen molar-refractivity contribution in [2.45, 2.75) is 6.42 Å². The Bertz CT molecular complexity index is 746. The highest BCUT2D eigenvalue weighted by atomic mass is 14.9. The Balaban J connectivity index is 1.92. The third-order valence-corrected chi connectivity index (χ3v) is 3.45. The Hall–Kier alpha value is -2.82. The van der Waals surface area contributed by atoms with E-state index in [9.17, 15) is 0 Å². The van der Waals surface area contributed by atoms with Crippen LogP contribution in [0.4, 0.5) is 17.3 Å². The van der Waals surface area contributed by atoms with E-state index in [1.165, 1.54) is 0 Å². The predicted octanol–water partition coefficient (Wildman–Crippen LogP) is 1.78. The lowest BCUT2D eigenvalue weighted by Gasteiger charge is -2.10. The average Bonchev–Trinajstić information content (AvgIpc) is 2.99. The quantitative estimate of drug-likeness (QED) is 0.796. The molecule has 0 fully saturated rings. The monoisotopic (exact) mass is 279 g/mol. The summed E-state index contributed by atoms with van der Waals surface area (Å²) >= 11 is 0. The smallest absolute Gasteiger partial charge is 0.149 e. The fraction of sp³-hybridized carbons (Fsp3) is 0.125. The van der Waals surface area contributed by atoms with Crippen molar-refractivity contribution in [3.63, 3.8) is 0 Å². The molecule has 0 unspecified atom stereocenters. The third-order valence-electron chi connectivity index (χ3n) is 3.45. The Kier molecular flexibility index (Phi) is 3.31. The average molecular weight is 279 g/mol. The molecule has 0 bridgehead atoms. The molecule has 21 heavy (non-hydrogen) atoms. The van der Waals surface area contributed by atoms with Crippen molar-refractivity contribution >= 4 is 23.0 Å². The van der Waals surface area contributed by atoms with Crippen LogP contribution in [0.2, 0.25) is 0 Å². The van der Waals surface area contributed by atoms with Crippen molar-refractivity contribution < 1.29 is 0 Å². The van der Waals surface area contributed by atoms with Crippen LogP contribution in [-0.4, -0.2) is 17.2 Å². The Morgan fingerprint density at radius 3 is 2.71 bits per heavy atom. The highest BCUT2D eigenvalue weighted by Gasteiger charge is 2.09. The van der Waals surface area contributed by atoms with Gasteiger partial charge < -0.3 is 17.2 Å². The second kappa shape index (κ2) is 5.28. The lowest BCUT2D eigenvalue weighted by molar-refractivity contribution is 1.17. The number of anilines is 3. The summed E-state index contributed by atoms with van der Waals surface area (Å²) in [6, 6.07) is 10.0. The molecule has 2 heterocycles. The molecule has 0 saturated heterocycles. The molecule has 1 aromatic carbocycles. The number of hydrogen-bond donors (Lipinski definition) is 3. The second-order valence-electron chi connectivity index (χ2n) is 5.01. The van der Waals surface area contributed by atoms with Gasteiger partial charge in [0.25, 0.3) is 0 Å². The molecule has 3 rings (SSSR count). The number of nitrogens with zero attached hydrogens (tertiary/aromatic N) is 2. The first-order valence-corrected chi connectivity index (χ1v) is 6.74. The summed E-state index contributed by atoms with van der Waals surface area (Å²) in [5, 5.41) is 0. The van der Waals surface area contributed by atoms with Gasteiger partial charge in [0.15, 0.2) is 0 Å². The fourth-order valence-corrected chi connectivity index (χ4v) is 2.41. The molecule has 0 aliphatic carbocycles. The van der Waals surface area contributed by atoms with Gasteiger partial charge in [0.1, 0.15) is 11.6 Å². The zero-order chi connectivity index (χ0) is 14.8. The number of aromatic nitrogens is 1. The van der Waals surface area contributed by atoms with Crippen molar-refractivity contribution in [1.82, 2.24) is 4.98 Å². The van der Waals surface area contributed by atoms with Gasteiger partial charge in [-0.15, -0.1) is 0 Å². The molecule has 1 aliphatic heterocycles. The van der Waals surface area contributed by atoms with E-state index in [4.69, 9.17) is 17.2 Å². The summed E-state index contributed by atoms with van der Waals surface area (Å²) in [6.45, 7) is 0.754. The Labute approximate surface area is 123 Å². The van der Waals surface area contributed by atoms with E-state index < -0.39 is 0 Å². The first-order chi connectivity index (χ1) is 10.1. The number of pyridine rings is 1. The maximum atomic E-state index is 5.98. The molecule has 2 aromatic rings. The zero-order valence-electron chi connectivity index (χ0n) is 11.6. The zero-order valence-corrected chi connectivity index (χ0v) is 11.6. The second-order valence-corrected chi connectivity index (χ2v) is 5.01. The number of rotatable bonds is 3. The van der Waals surface area contributed by atoms with E-state index in [1.54, 1.807) is 6.07 Å². The van der Waals surface area contributed by atoms with Crippen LogP contribution < -0.4 is 17.2 Å². The van der Waals surface area contributed by atoms with Gasteiger partial charge in [-0.2, -0.15) is 0 Å². The molecule has 5 heteroatoms. The van der Waals surface area contributed by atoms with Crippen LogP contribution in [0.15, 0.2) is 47.5 Å². The molecule has 0 radical (unpaired) electrons. The van der Waals surface area contributed by atoms with Crippen LogP contribution >= 0.6 is 0 Å². The maximum absolute atomic E-state index is 5.98. The number of allylic oxidation sites excluding steroid dienone is 1. The molecule has 6 N–H and O–H groups in total. The van der Waals surface area contributed by atoms with Crippen LogP contribution in [-0.2, 0) is 6.42 Å². The molecule has 5 nitrogen and oxygen atoms in total. The number of hydrogen-bond acceptors (Lipinski definition) is 5. The van der Waals surface area contributed by atoms with Gasteiger partial charge in [0, 0.05) is 0 Å². The van der Waals surface area contributed by atoms with Crippen LogP contribution in [0.1, 0.15) is 16.7 Å². The van der Waals surface area contributed by atoms with E-state index in [-0.39, 0.29) is 5.82 Å². The standard InChI is InChI=1S/C16H17N5/c17-14-9-12(15(18)16(19)21-14)8-10-3-1-4-11(7-10)13-5-2-6-20-13/h1-5,7,9H,6,8,18H2,(H4,17,19,21). The summed E-state index contributed by atoms with van der Waals surface area (Å²) in [4.78, 5) is 8.39. The molecule has 106 valence electrons. The van der Waals surface area contributed by atoms with Crippen molar-refractivity contribution in [3.05, 3.63) is 59.2 Å². The summed E-state index contributed by atoms with van der Waals surface area (Å²) in [6.07, 6.45) is 4.74. The van der Waals surface area contributed by atoms with Gasteiger partial charge in [-0.1, -0.05) is 24.3 Å². The minimum atomic E-state index is 0.282. The van der Waals surface area contributed by atoms with E-state index in [2.05, 4.69) is 28.2 Å². The van der Waals surface area contributed by atoms with Crippen LogP contribution in [0.5, 0.6) is 0 Å². The van der Waals surface area contributed by atoms with Crippen molar-refractivity contribution in [3.8, 4) is 0 Å². The summed E-state index contributed by atoms with van der Waals surface area (Å²) in [5.74, 6) is 0.667. The molecule has 0 saturated carbocycles. The first kappa shape index (κ1) is 13.2. The van der Waals surface area contributed by atoms with Crippen LogP contribution in [0.25, 0.3) is 0 Å². The topological polar surface area (TPSA) is 103 Å². The van der Waals surface area contributed by atoms with E-state index in [1.807, 2.05) is 18.2 Å². The first-order valence-electron chi connectivity index (χ1n) is 6.74. The third kappa shape index (κ3) is 2.72. The van der Waals surface area contributed by atoms with Gasteiger partial charge in [0.05, 0.1) is 17.9 Å². The SMILES string of the molecule is Nc1cc(Cc2cccc(C3=NCC=C3)c2)c(N)c(N)n1. The van der Waals surface area contributed by atoms with Gasteiger partial charge in [-0.3, -0.25) is 4.99 Å². The largest absolute Gasteiger partial charge is 0.396 e. The molecule has 0 amide bonds. The molecule has 0 atom stereocenters. The normalized spacial score (nSPS) is 13.4. The van der Waals surface area contributed by atoms with E-state index in [0.29, 0.717) is 17.9 Å². The predicted molar refractivity (Wildman–Crippen MR) is 87.3 cm³/mol. The fourth-order valence-electron chi connectivity index (χ4n) is 2.41. The number of benzene rings is 1. The lowest BCUT2D eigenvalue weighted by atomic mass is 10.0. The maximum Gasteiger partial charge on any atom is 0.149 e. The number of nitrogen functional groups attached to an aromatic ring is 3. The van der Waals surface area contributed by atoms with Crippen molar-refractivity contribution in [1.29, 1.82) is 0 Å². The highest BCUT2D eigenvalue weighted by Crippen LogP contribution is 2.23. The molecular weight excluding hydrogens is 262 g/mol. The molecule has 0 spiro atoms. The molecule has 1 aromatic heterocycles. The number of aliphatic imine (C=N–C) groups is 1. The van der Waals surface area contributed by atoms with Crippen LogP contribution in [0, 0.1) is 0 Å². The summed E-state index contributed by atoms with van der Waals surface area (Å²) in [7, 11) is 0. The van der Waals surface area contributed by atoms with E-state index >= 15 is 0 Å². The van der Waals surface area contributed by atoms with E-state index in [0.717, 1.165) is 28.9 Å². The summed E-state index contributed by atoms with van der Waals surface area (Å²) in [5.41, 5.74) is 22.1. The Morgan fingerprint density at radius 2 is 1.95 bits per heavy atom. The minimum Gasteiger partial charge on any atom is -0.396 e. The van der Waals surface area contributed by atoms with Gasteiger partial charge in [0.2, 0.25) is 0 Å². The molecular formula is C16H17N5. The minimum absolute atomic E-state index is 0.282. The summed E-state index contributed by atoms with van der Waals surface area (Å²) < 4.78 is 0. The van der Waals surface area contributed by atoms with Gasteiger partial charge in [-0.25, -0.2) is 4.98 Å². The van der Waals surface area contributed by atoms with Gasteiger partial charge >= 0.3 is 0 Å². The van der Waals surface area contributed by atoms with Crippen LogP contribution in [0.3, 0.4) is 0 Å². The van der Waals surface area contributed by atoms with Crippen molar-refractivity contribution in [2.75, 3.05) is 23.7 Å². The number of nitrogens with two attached hydrogens (primary N) is 3. The molecule has 1 aliphatic rings.